The van der Waals surface area contributed by atoms with Gasteiger partial charge in [-0.15, -0.1) is 0 Å². The molecule has 2 nitrogen and oxygen atoms in total. The third-order valence-electron chi connectivity index (χ3n) is 1.18. The van der Waals surface area contributed by atoms with Crippen LogP contribution in [0.15, 0.2) is 24.5 Å². The number of nitrogens with zero attached hydrogens (tertiary/aromatic N) is 1. The highest BCUT2D eigenvalue weighted by molar-refractivity contribution is 5.09. The summed E-state index contributed by atoms with van der Waals surface area (Å²) in [4.78, 5) is 3.89. The van der Waals surface area contributed by atoms with Crippen LogP contribution in [0.4, 0.5) is 0 Å². The van der Waals surface area contributed by atoms with Crippen LogP contribution in [-0.4, -0.2) is 11.5 Å². The van der Waals surface area contributed by atoms with E-state index in [0.717, 1.165) is 6.42 Å². The van der Waals surface area contributed by atoms with E-state index in [2.05, 4.69) is 4.98 Å². The molecule has 0 saturated carbocycles. The summed E-state index contributed by atoms with van der Waals surface area (Å²) in [5.41, 5.74) is 6.60. The van der Waals surface area contributed by atoms with E-state index in [9.17, 15) is 0 Å². The maximum absolute atomic E-state index is 5.34. The summed E-state index contributed by atoms with van der Waals surface area (Å²) in [5, 5.41) is 0. The van der Waals surface area contributed by atoms with Crippen LogP contribution in [0.1, 0.15) is 26.4 Å². The van der Waals surface area contributed by atoms with E-state index < -0.39 is 0 Å². The highest BCUT2D eigenvalue weighted by Gasteiger charge is 1.85. The molecule has 1 heterocycles. The Bertz CT molecular complexity index is 182. The number of nitrogens with two attached hydrogens (primary N) is 1. The number of hydrogen-bond acceptors (Lipinski definition) is 2. The third-order valence-corrected chi connectivity index (χ3v) is 1.18. The zero-order chi connectivity index (χ0) is 20.5. The number of aromatic nitrogens is 1. The molecule has 1 aromatic heterocycles. The summed E-state index contributed by atoms with van der Waals surface area (Å²) in [6.45, 7) is 0.712. The maximum Gasteiger partial charge on any atom is 0.0270 e. The van der Waals surface area contributed by atoms with Crippen LogP contribution in [0.2, 0.25) is 0 Å². The van der Waals surface area contributed by atoms with Crippen LogP contribution >= 0.6 is 0 Å². The number of rotatable bonds is 2. The van der Waals surface area contributed by atoms with Crippen LogP contribution in [0.25, 0.3) is 0 Å². The molecule has 0 unspecified atom stereocenters. The molecule has 0 aliphatic heterocycles. The molecule has 0 aliphatic carbocycles. The van der Waals surface area contributed by atoms with Gasteiger partial charge in [0.1, 0.15) is 0 Å². The first-order valence-corrected chi connectivity index (χ1v) is 3.02. The van der Waals surface area contributed by atoms with Gasteiger partial charge in [-0.3, -0.25) is 4.98 Å². The minimum Gasteiger partial charge on any atom is -0.330 e. The Kier molecular flexibility index (Phi) is 0.638. The first kappa shape index (κ1) is 1.80. The van der Waals surface area contributed by atoms with Gasteiger partial charge < -0.3 is 5.73 Å². The molecular formula is C7H24N2. The first-order valence-electron chi connectivity index (χ1n) is 10.0. The van der Waals surface area contributed by atoms with Crippen molar-refractivity contribution in [1.82, 2.24) is 4.98 Å². The Balaban J connectivity index is -0.0000000312. The Morgan fingerprint density at radius 3 is 2.78 bits per heavy atom. The van der Waals surface area contributed by atoms with Crippen molar-refractivity contribution in [3.63, 3.8) is 0 Å². The van der Waals surface area contributed by atoms with Gasteiger partial charge in [-0.25, -0.2) is 0 Å². The van der Waals surface area contributed by atoms with Crippen molar-refractivity contribution in [3.8, 4) is 0 Å². The topological polar surface area (TPSA) is 38.9 Å². The van der Waals surface area contributed by atoms with Crippen molar-refractivity contribution in [2.24, 2.45) is 5.73 Å². The van der Waals surface area contributed by atoms with Gasteiger partial charge >= 0.3 is 0 Å². The van der Waals surface area contributed by atoms with Crippen LogP contribution in [-0.2, 0) is 6.42 Å². The van der Waals surface area contributed by atoms with Crippen LogP contribution in [0.3, 0.4) is 0 Å². The second-order valence-electron chi connectivity index (χ2n) is 1.89. The van der Waals surface area contributed by atoms with Gasteiger partial charge in [-0.05, 0) is 30.7 Å². The summed E-state index contributed by atoms with van der Waals surface area (Å²) in [7, 11) is 0. The molecule has 1 aromatic rings. The van der Waals surface area contributed by atoms with E-state index >= 15 is 0 Å². The Morgan fingerprint density at radius 1 is 1.56 bits per heavy atom. The largest absolute Gasteiger partial charge is 0.330 e. The predicted molar refractivity (Wildman–Crippen MR) is 51.8 cm³/mol. The normalized spacial score (nSPS) is 15.7. The summed E-state index contributed by atoms with van der Waals surface area (Å²) in [6, 6.07) is 3.96. The lowest BCUT2D eigenvalue weighted by Gasteiger charge is -1.93. The first-order chi connectivity index (χ1) is 11.4. The molecular weight excluding hydrogens is 112 g/mol. The van der Waals surface area contributed by atoms with Crippen molar-refractivity contribution in [2.45, 2.75) is 6.42 Å². The molecule has 62 valence electrons. The fourth-order valence-corrected chi connectivity index (χ4v) is 0.716. The van der Waals surface area contributed by atoms with Gasteiger partial charge in [0.15, 0.2) is 0 Å². The fourth-order valence-electron chi connectivity index (χ4n) is 0.716. The monoisotopic (exact) mass is 150 g/mol. The summed E-state index contributed by atoms with van der Waals surface area (Å²) < 4.78 is 70.0. The Hall–Kier alpha value is -0.890. The lowest BCUT2D eigenvalue weighted by Crippen LogP contribution is -2.02. The molecule has 0 amide bonds. The third kappa shape index (κ3) is 1.82. The second kappa shape index (κ2) is 3.20. The van der Waals surface area contributed by atoms with Crippen molar-refractivity contribution < 1.29 is 20.8 Å². The molecule has 0 spiro atoms. The smallest absolute Gasteiger partial charge is 0.0270 e. The molecule has 1 rings (SSSR count). The van der Waals surface area contributed by atoms with E-state index in [1.165, 1.54) is 5.56 Å². The molecule has 0 aromatic carbocycles. The molecule has 2 heteroatoms. The molecule has 0 bridgehead atoms. The Morgan fingerprint density at radius 2 is 2.22 bits per heavy atom. The molecule has 0 fully saturated rings. The zero-order valence-corrected chi connectivity index (χ0v) is 5.25. The number of pyridine rings is 1. The van der Waals surface area contributed by atoms with Gasteiger partial charge in [0.2, 0.25) is 0 Å². The van der Waals surface area contributed by atoms with Crippen LogP contribution in [0.5, 0.6) is 0 Å². The van der Waals surface area contributed by atoms with Gasteiger partial charge in [0.25, 0.3) is 0 Å². The van der Waals surface area contributed by atoms with Gasteiger partial charge in [-0.2, -0.15) is 0 Å². The van der Waals surface area contributed by atoms with E-state index in [1.807, 2.05) is 12.1 Å². The predicted octanol–water partition coefficient (Wildman–Crippen LogP) is 2.30. The maximum atomic E-state index is 5.34. The molecule has 0 atom stereocenters. The van der Waals surface area contributed by atoms with Gasteiger partial charge in [0.05, 0.1) is 0 Å². The van der Waals surface area contributed by atoms with Gasteiger partial charge in [-0.1, -0.05) is 0 Å². The van der Waals surface area contributed by atoms with Crippen molar-refractivity contribution in [2.75, 3.05) is 6.54 Å². The average molecular weight is 150 g/mol. The Labute approximate surface area is 76.3 Å². The second-order valence-corrected chi connectivity index (χ2v) is 1.89. The molecule has 0 radical (unpaired) electrons. The van der Waals surface area contributed by atoms with Crippen LogP contribution < -0.4 is 5.73 Å². The molecule has 9 heavy (non-hydrogen) atoms. The quantitative estimate of drug-likeness (QED) is 0.702. The lowest BCUT2D eigenvalue weighted by atomic mass is 10.2. The van der Waals surface area contributed by atoms with E-state index in [4.69, 9.17) is 26.5 Å². The van der Waals surface area contributed by atoms with Crippen LogP contribution in [0, 0.1) is 0 Å². The minimum absolute atomic E-state index is 0.712. The van der Waals surface area contributed by atoms with Crippen molar-refractivity contribution in [1.29, 1.82) is 0 Å². The van der Waals surface area contributed by atoms with Crippen molar-refractivity contribution >= 4 is 0 Å². The molecule has 0 saturated heterocycles. The average Bonchev–Trinajstić information content (AvgIpc) is 2.74. The lowest BCUT2D eigenvalue weighted by molar-refractivity contribution is 0.964. The standard InChI is InChI=1S/C7H10N2.7H2/c8-4-1-7-2-5-9-6-3-7;;;;;;;/h2-3,5-6H,1,4,8H2;7*1H/i;7*1+1D. The highest BCUT2D eigenvalue weighted by atomic mass is 14.6. The van der Waals surface area contributed by atoms with E-state index in [1.54, 1.807) is 12.4 Å². The van der Waals surface area contributed by atoms with E-state index in [0.29, 0.717) is 6.54 Å². The SMILES string of the molecule is NCCc1ccncc1.[2H][2H].[2H][2H].[2H][2H].[2H][2H].[2H][2H].[2H][2H].[2H][2H]. The van der Waals surface area contributed by atoms with Crippen molar-refractivity contribution in [3.05, 3.63) is 30.1 Å². The minimum atomic E-state index is 0.712. The highest BCUT2D eigenvalue weighted by Crippen LogP contribution is 1.94. The molecule has 2 N–H and O–H groups in total. The number of hydrogen-bond donors (Lipinski definition) is 1. The summed E-state index contributed by atoms with van der Waals surface area (Å²) >= 11 is 0. The fraction of sp³-hybridized carbons (Fsp3) is 0.286. The van der Waals surface area contributed by atoms with Gasteiger partial charge in [0, 0.05) is 33.2 Å². The summed E-state index contributed by atoms with van der Waals surface area (Å²) in [5.74, 6) is 0. The van der Waals surface area contributed by atoms with E-state index in [-0.39, 0.29) is 0 Å². The summed E-state index contributed by atoms with van der Waals surface area (Å²) in [6.07, 6.45) is 4.51. The zero-order valence-electron chi connectivity index (χ0n) is 19.2. The molecule has 0 aliphatic rings.